The first-order chi connectivity index (χ1) is 7.60. The Kier molecular flexibility index (Phi) is 4.26. The minimum Gasteiger partial charge on any atom is -0.465 e. The van der Waals surface area contributed by atoms with E-state index in [4.69, 9.17) is 11.6 Å². The SMILES string of the molecule is C/C=C/C(=O)c1ccc(Cl)cc1C(=O)OC. The topological polar surface area (TPSA) is 43.4 Å². The van der Waals surface area contributed by atoms with E-state index in [1.165, 1.54) is 25.3 Å². The Balaban J connectivity index is 3.27. The van der Waals surface area contributed by atoms with Crippen LogP contribution in [-0.2, 0) is 4.74 Å². The van der Waals surface area contributed by atoms with Crippen LogP contribution in [0.1, 0.15) is 27.6 Å². The highest BCUT2D eigenvalue weighted by atomic mass is 35.5. The van der Waals surface area contributed by atoms with Crippen molar-refractivity contribution >= 4 is 23.4 Å². The molecular weight excluding hydrogens is 228 g/mol. The number of carbonyl (C=O) groups is 2. The summed E-state index contributed by atoms with van der Waals surface area (Å²) in [6.07, 6.45) is 2.99. The van der Waals surface area contributed by atoms with Crippen LogP contribution < -0.4 is 0 Å². The Hall–Kier alpha value is -1.61. The van der Waals surface area contributed by atoms with Crippen molar-refractivity contribution in [3.63, 3.8) is 0 Å². The summed E-state index contributed by atoms with van der Waals surface area (Å²) in [5.41, 5.74) is 0.465. The summed E-state index contributed by atoms with van der Waals surface area (Å²) in [6, 6.07) is 4.49. The van der Waals surface area contributed by atoms with Gasteiger partial charge in [-0.1, -0.05) is 17.7 Å². The van der Waals surface area contributed by atoms with Gasteiger partial charge in [0.15, 0.2) is 5.78 Å². The number of rotatable bonds is 3. The van der Waals surface area contributed by atoms with Crippen molar-refractivity contribution in [2.24, 2.45) is 0 Å². The number of allylic oxidation sites excluding steroid dienone is 2. The zero-order valence-electron chi connectivity index (χ0n) is 8.99. The van der Waals surface area contributed by atoms with Crippen LogP contribution >= 0.6 is 11.6 Å². The first-order valence-electron chi connectivity index (χ1n) is 4.65. The Morgan fingerprint density at radius 3 is 2.56 bits per heavy atom. The highest BCUT2D eigenvalue weighted by Crippen LogP contribution is 2.18. The molecule has 0 aromatic heterocycles. The summed E-state index contributed by atoms with van der Waals surface area (Å²) >= 11 is 5.76. The molecule has 4 heteroatoms. The van der Waals surface area contributed by atoms with E-state index < -0.39 is 5.97 Å². The molecular formula is C12H11ClO3. The average Bonchev–Trinajstić information content (AvgIpc) is 2.28. The molecule has 0 aliphatic rings. The van der Waals surface area contributed by atoms with Gasteiger partial charge in [0, 0.05) is 10.6 Å². The number of methoxy groups -OCH3 is 1. The zero-order chi connectivity index (χ0) is 12.1. The molecule has 1 aromatic carbocycles. The molecule has 0 fully saturated rings. The first-order valence-corrected chi connectivity index (χ1v) is 5.02. The lowest BCUT2D eigenvalue weighted by Gasteiger charge is -2.05. The summed E-state index contributed by atoms with van der Waals surface area (Å²) in [5.74, 6) is -0.824. The molecule has 0 bridgehead atoms. The van der Waals surface area contributed by atoms with Gasteiger partial charge in [-0.05, 0) is 31.2 Å². The lowest BCUT2D eigenvalue weighted by atomic mass is 10.0. The number of hydrogen-bond donors (Lipinski definition) is 0. The van der Waals surface area contributed by atoms with Gasteiger partial charge in [-0.2, -0.15) is 0 Å². The highest BCUT2D eigenvalue weighted by Gasteiger charge is 2.16. The maximum absolute atomic E-state index is 11.7. The van der Waals surface area contributed by atoms with Gasteiger partial charge in [-0.25, -0.2) is 4.79 Å². The monoisotopic (exact) mass is 238 g/mol. The molecule has 0 atom stereocenters. The molecule has 3 nitrogen and oxygen atoms in total. The molecule has 0 radical (unpaired) electrons. The van der Waals surface area contributed by atoms with E-state index in [1.54, 1.807) is 19.1 Å². The van der Waals surface area contributed by atoms with Crippen LogP contribution in [0.15, 0.2) is 30.4 Å². The number of carbonyl (C=O) groups excluding carboxylic acids is 2. The van der Waals surface area contributed by atoms with Crippen LogP contribution in [0, 0.1) is 0 Å². The number of hydrogen-bond acceptors (Lipinski definition) is 3. The number of benzene rings is 1. The summed E-state index contributed by atoms with van der Waals surface area (Å²) in [6.45, 7) is 1.73. The van der Waals surface area contributed by atoms with Crippen LogP contribution in [0.2, 0.25) is 5.02 Å². The third-order valence-electron chi connectivity index (χ3n) is 1.97. The second kappa shape index (κ2) is 5.47. The third-order valence-corrected chi connectivity index (χ3v) is 2.21. The molecule has 0 N–H and O–H groups in total. The minimum atomic E-state index is -0.574. The van der Waals surface area contributed by atoms with Gasteiger partial charge in [-0.15, -0.1) is 0 Å². The summed E-state index contributed by atoms with van der Waals surface area (Å²) in [4.78, 5) is 23.1. The highest BCUT2D eigenvalue weighted by molar-refractivity contribution is 6.31. The zero-order valence-corrected chi connectivity index (χ0v) is 9.75. The molecule has 0 spiro atoms. The van der Waals surface area contributed by atoms with Crippen LogP contribution in [0.4, 0.5) is 0 Å². The van der Waals surface area contributed by atoms with E-state index in [0.717, 1.165) is 0 Å². The molecule has 0 amide bonds. The van der Waals surface area contributed by atoms with Crippen LogP contribution in [0.5, 0.6) is 0 Å². The molecule has 0 unspecified atom stereocenters. The van der Waals surface area contributed by atoms with E-state index in [1.807, 2.05) is 0 Å². The number of halogens is 1. The summed E-state index contributed by atoms with van der Waals surface area (Å²) in [7, 11) is 1.26. The van der Waals surface area contributed by atoms with Crippen LogP contribution in [-0.4, -0.2) is 18.9 Å². The van der Waals surface area contributed by atoms with E-state index in [0.29, 0.717) is 5.02 Å². The summed E-state index contributed by atoms with van der Waals surface area (Å²) < 4.78 is 4.59. The lowest BCUT2D eigenvalue weighted by Crippen LogP contribution is -2.09. The van der Waals surface area contributed by atoms with Crippen molar-refractivity contribution in [1.29, 1.82) is 0 Å². The number of esters is 1. The Bertz CT molecular complexity index is 450. The fourth-order valence-corrected chi connectivity index (χ4v) is 1.42. The molecule has 0 aliphatic carbocycles. The molecule has 0 saturated heterocycles. The third kappa shape index (κ3) is 2.70. The molecule has 1 rings (SSSR count). The predicted molar refractivity (Wildman–Crippen MR) is 61.9 cm³/mol. The van der Waals surface area contributed by atoms with Crippen molar-refractivity contribution in [2.75, 3.05) is 7.11 Å². The molecule has 0 aliphatic heterocycles. The smallest absolute Gasteiger partial charge is 0.338 e. The quantitative estimate of drug-likeness (QED) is 0.462. The van der Waals surface area contributed by atoms with Crippen molar-refractivity contribution in [2.45, 2.75) is 6.92 Å². The van der Waals surface area contributed by atoms with Crippen molar-refractivity contribution in [1.82, 2.24) is 0 Å². The second-order valence-electron chi connectivity index (χ2n) is 3.05. The van der Waals surface area contributed by atoms with Crippen LogP contribution in [0.25, 0.3) is 0 Å². The Morgan fingerprint density at radius 1 is 1.31 bits per heavy atom. The maximum atomic E-state index is 11.7. The number of ketones is 1. The fraction of sp³-hybridized carbons (Fsp3) is 0.167. The molecule has 84 valence electrons. The van der Waals surface area contributed by atoms with E-state index >= 15 is 0 Å². The van der Waals surface area contributed by atoms with E-state index in [2.05, 4.69) is 4.74 Å². The van der Waals surface area contributed by atoms with Gasteiger partial charge in [0.2, 0.25) is 0 Å². The minimum absolute atomic E-state index is 0.179. The van der Waals surface area contributed by atoms with Crippen molar-refractivity contribution < 1.29 is 14.3 Å². The molecule has 1 aromatic rings. The predicted octanol–water partition coefficient (Wildman–Crippen LogP) is 2.89. The Labute approximate surface area is 98.7 Å². The fourth-order valence-electron chi connectivity index (χ4n) is 1.25. The normalized spacial score (nSPS) is 10.4. The second-order valence-corrected chi connectivity index (χ2v) is 3.48. The van der Waals surface area contributed by atoms with Gasteiger partial charge in [0.25, 0.3) is 0 Å². The van der Waals surface area contributed by atoms with Crippen LogP contribution in [0.3, 0.4) is 0 Å². The molecule has 0 saturated carbocycles. The standard InChI is InChI=1S/C12H11ClO3/c1-3-4-11(14)9-6-5-8(13)7-10(9)12(15)16-2/h3-7H,1-2H3/b4-3+. The average molecular weight is 239 g/mol. The first kappa shape index (κ1) is 12.5. The molecule has 16 heavy (non-hydrogen) atoms. The Morgan fingerprint density at radius 2 is 2.00 bits per heavy atom. The lowest BCUT2D eigenvalue weighted by molar-refractivity contribution is 0.0597. The maximum Gasteiger partial charge on any atom is 0.338 e. The van der Waals surface area contributed by atoms with Gasteiger partial charge in [-0.3, -0.25) is 4.79 Å². The summed E-state index contributed by atoms with van der Waals surface area (Å²) in [5, 5.41) is 0.387. The molecule has 0 heterocycles. The van der Waals surface area contributed by atoms with E-state index in [-0.39, 0.29) is 16.9 Å². The van der Waals surface area contributed by atoms with Gasteiger partial charge in [0.1, 0.15) is 0 Å². The van der Waals surface area contributed by atoms with Gasteiger partial charge >= 0.3 is 5.97 Å². The van der Waals surface area contributed by atoms with Gasteiger partial charge < -0.3 is 4.74 Å². The van der Waals surface area contributed by atoms with Crippen molar-refractivity contribution in [3.05, 3.63) is 46.5 Å². The van der Waals surface area contributed by atoms with Gasteiger partial charge in [0.05, 0.1) is 12.7 Å². The van der Waals surface area contributed by atoms with E-state index in [9.17, 15) is 9.59 Å². The largest absolute Gasteiger partial charge is 0.465 e. The van der Waals surface area contributed by atoms with Crippen molar-refractivity contribution in [3.8, 4) is 0 Å². The number of ether oxygens (including phenoxy) is 1.